The number of esters is 1. The van der Waals surface area contributed by atoms with Crippen LogP contribution in [0.5, 0.6) is 11.5 Å². The van der Waals surface area contributed by atoms with Crippen LogP contribution in [0.2, 0.25) is 0 Å². The van der Waals surface area contributed by atoms with Gasteiger partial charge in [0.1, 0.15) is 61.0 Å². The molecule has 63 heavy (non-hydrogen) atoms. The van der Waals surface area contributed by atoms with Gasteiger partial charge in [-0.3, -0.25) is 14.5 Å². The summed E-state index contributed by atoms with van der Waals surface area (Å²) in [4.78, 5) is 53.5. The van der Waals surface area contributed by atoms with E-state index in [1.807, 2.05) is 90.6 Å². The van der Waals surface area contributed by atoms with E-state index in [2.05, 4.69) is 52.2 Å². The number of methoxy groups -OCH3 is 1. The van der Waals surface area contributed by atoms with Crippen LogP contribution in [0.1, 0.15) is 34.9 Å². The van der Waals surface area contributed by atoms with Crippen LogP contribution in [0.4, 0.5) is 5.13 Å². The van der Waals surface area contributed by atoms with Crippen LogP contribution in [0.25, 0.3) is 0 Å². The van der Waals surface area contributed by atoms with Gasteiger partial charge in [0.2, 0.25) is 6.20 Å². The zero-order valence-corrected chi connectivity index (χ0v) is 36.4. The minimum atomic E-state index is -0.979. The maximum atomic E-state index is 14.1. The summed E-state index contributed by atoms with van der Waals surface area (Å²) in [6, 6.07) is 40.2. The molecule has 2 aliphatic heterocycles. The average molecular weight is 882 g/mol. The normalized spacial score (nSPS) is 16.1. The van der Waals surface area contributed by atoms with Crippen molar-refractivity contribution in [1.82, 2.24) is 15.2 Å². The largest absolute Gasteiger partial charge is 0.497 e. The number of rotatable bonds is 17. The van der Waals surface area contributed by atoms with E-state index in [4.69, 9.17) is 24.0 Å². The summed E-state index contributed by atoms with van der Waals surface area (Å²) in [5, 5.41) is 12.3. The number of carbonyl (C=O) groups excluding carboxylic acids is 3. The molecule has 4 aromatic carbocycles. The zero-order valence-electron chi connectivity index (χ0n) is 34.8. The summed E-state index contributed by atoms with van der Waals surface area (Å²) in [5.74, 6) is -0.185. The molecule has 6 aromatic rings. The van der Waals surface area contributed by atoms with Crippen LogP contribution in [-0.2, 0) is 42.6 Å². The molecule has 8 rings (SSSR count). The van der Waals surface area contributed by atoms with Crippen molar-refractivity contribution >= 4 is 51.7 Å². The molecular formula is C48H45N6O7S2+. The smallest absolute Gasteiger partial charge is 0.355 e. The van der Waals surface area contributed by atoms with E-state index in [0.29, 0.717) is 28.0 Å². The Morgan fingerprint density at radius 1 is 0.857 bits per heavy atom. The van der Waals surface area contributed by atoms with Gasteiger partial charge < -0.3 is 29.7 Å². The number of amides is 2. The van der Waals surface area contributed by atoms with E-state index in [9.17, 15) is 14.4 Å². The van der Waals surface area contributed by atoms with Gasteiger partial charge in [-0.25, -0.2) is 14.3 Å². The monoisotopic (exact) mass is 881 g/mol. The van der Waals surface area contributed by atoms with Gasteiger partial charge in [0.25, 0.3) is 11.8 Å². The number of hydrogen-bond donors (Lipinski definition) is 2. The van der Waals surface area contributed by atoms with Gasteiger partial charge in [-0.2, -0.15) is 0 Å². The number of pyridine rings is 1. The maximum Gasteiger partial charge on any atom is 0.355 e. The van der Waals surface area contributed by atoms with Gasteiger partial charge in [0.05, 0.1) is 7.11 Å². The quantitative estimate of drug-likeness (QED) is 0.0254. The number of nitrogens with zero attached hydrogens (tertiary/aromatic N) is 4. The number of benzene rings is 4. The molecule has 320 valence electrons. The topological polar surface area (TPSA) is 145 Å². The van der Waals surface area contributed by atoms with Crippen molar-refractivity contribution < 1.29 is 38.0 Å². The number of β-lactam (4-membered cyclic amide) rings is 1. The highest BCUT2D eigenvalue weighted by Crippen LogP contribution is 2.42. The molecule has 0 aliphatic carbocycles. The van der Waals surface area contributed by atoms with E-state index >= 15 is 0 Å². The molecule has 2 aliphatic rings. The average Bonchev–Trinajstić information content (AvgIpc) is 3.81. The molecule has 1 saturated heterocycles. The predicted molar refractivity (Wildman–Crippen MR) is 241 cm³/mol. The standard InChI is InChI=1S/C48H44N6O7S2/c1-4-53-26-14-21-38(27-53)60-29-33-30-62-45-41(44(56)54(45)42(33)46(57)61-28-32-22-24-37(58-2)25-23-32)50-43(55)40(52-59-3)39-31-63-47(49-39)51-48(34-15-8-5-9-16-34,35-17-10-6-11-18-35)36-19-12-7-13-20-36/h5-27,31,41,45H,4,28-30H2,1-3H3,(H-,49,50,51,55)/p+1/b52-40-/t41-,45-/m1/s1. The van der Waals surface area contributed by atoms with Gasteiger partial charge in [-0.05, 0) is 47.4 Å². The lowest BCUT2D eigenvalue weighted by Crippen LogP contribution is -2.71. The van der Waals surface area contributed by atoms with Gasteiger partial charge in [-0.1, -0.05) is 108 Å². The lowest BCUT2D eigenvalue weighted by molar-refractivity contribution is -0.693. The molecule has 0 spiro atoms. The third-order valence-electron chi connectivity index (χ3n) is 10.7. The first-order valence-electron chi connectivity index (χ1n) is 20.2. The zero-order chi connectivity index (χ0) is 43.8. The number of anilines is 1. The van der Waals surface area contributed by atoms with E-state index < -0.39 is 34.7 Å². The summed E-state index contributed by atoms with van der Waals surface area (Å²) in [6.07, 6.45) is 3.80. The Morgan fingerprint density at radius 3 is 2.11 bits per heavy atom. The highest BCUT2D eigenvalue weighted by Gasteiger charge is 2.55. The number of hydrogen-bond acceptors (Lipinski definition) is 12. The van der Waals surface area contributed by atoms with Crippen LogP contribution >= 0.6 is 23.1 Å². The van der Waals surface area contributed by atoms with Crippen molar-refractivity contribution in [3.05, 3.63) is 184 Å². The second-order valence-electron chi connectivity index (χ2n) is 14.5. The summed E-state index contributed by atoms with van der Waals surface area (Å²) >= 11 is 2.72. The van der Waals surface area contributed by atoms with Crippen molar-refractivity contribution in [2.75, 3.05) is 31.9 Å². The van der Waals surface area contributed by atoms with Crippen molar-refractivity contribution in [3.8, 4) is 11.5 Å². The minimum absolute atomic E-state index is 0.0276. The summed E-state index contributed by atoms with van der Waals surface area (Å²) in [6.45, 7) is 2.80. The SMILES string of the molecule is CC[n+]1cccc(OCC2=C(C(=O)OCc3ccc(OC)cc3)N3C(=O)[C@@H](NC(=O)/C(=N\OC)c4csc(NC(c5ccccc5)(c5ccccc5)c5ccccc5)n4)[C@H]3SC2)c1. The van der Waals surface area contributed by atoms with Crippen molar-refractivity contribution in [2.24, 2.45) is 5.16 Å². The second-order valence-corrected chi connectivity index (χ2v) is 16.5. The van der Waals surface area contributed by atoms with E-state index in [0.717, 1.165) is 28.8 Å². The minimum Gasteiger partial charge on any atom is -0.497 e. The third kappa shape index (κ3) is 9.01. The highest BCUT2D eigenvalue weighted by atomic mass is 32.2. The molecule has 2 atom stereocenters. The summed E-state index contributed by atoms with van der Waals surface area (Å²) < 4.78 is 19.2. The number of fused-ring (bicyclic) bond motifs is 1. The summed E-state index contributed by atoms with van der Waals surface area (Å²) in [7, 11) is 2.92. The highest BCUT2D eigenvalue weighted by molar-refractivity contribution is 8.00. The Bertz CT molecular complexity index is 2530. The van der Waals surface area contributed by atoms with Gasteiger partial charge in [0.15, 0.2) is 22.8 Å². The number of thioether (sulfide) groups is 1. The lowest BCUT2D eigenvalue weighted by Gasteiger charge is -2.49. The lowest BCUT2D eigenvalue weighted by atomic mass is 9.77. The maximum absolute atomic E-state index is 14.1. The predicted octanol–water partition coefficient (Wildman–Crippen LogP) is 6.69. The van der Waals surface area contributed by atoms with Crippen molar-refractivity contribution in [3.63, 3.8) is 0 Å². The molecule has 0 unspecified atom stereocenters. The Balaban J connectivity index is 1.03. The second kappa shape index (κ2) is 19.4. The van der Waals surface area contributed by atoms with E-state index in [1.54, 1.807) is 36.8 Å². The molecule has 0 saturated carbocycles. The van der Waals surface area contributed by atoms with Crippen LogP contribution in [0.3, 0.4) is 0 Å². The Hall–Kier alpha value is -6.97. The molecule has 4 heterocycles. The molecule has 13 nitrogen and oxygen atoms in total. The van der Waals surface area contributed by atoms with Crippen LogP contribution in [0.15, 0.2) is 162 Å². The van der Waals surface area contributed by atoms with Gasteiger partial charge >= 0.3 is 5.97 Å². The fourth-order valence-electron chi connectivity index (χ4n) is 7.56. The fourth-order valence-corrected chi connectivity index (χ4v) is 9.64. The molecule has 1 fully saturated rings. The summed E-state index contributed by atoms with van der Waals surface area (Å²) in [5.41, 5.74) is 3.66. The molecule has 15 heteroatoms. The number of aryl methyl sites for hydroxylation is 1. The molecule has 2 aromatic heterocycles. The molecule has 0 bridgehead atoms. The fraction of sp³-hybridized carbons (Fsp3) is 0.208. The Kier molecular flexibility index (Phi) is 13.1. The molecule has 2 amide bonds. The number of carbonyl (C=O) groups is 3. The number of thiazole rings is 1. The first-order valence-corrected chi connectivity index (χ1v) is 22.2. The number of aromatic nitrogens is 2. The van der Waals surface area contributed by atoms with Gasteiger partial charge in [-0.15, -0.1) is 23.1 Å². The Labute approximate surface area is 373 Å². The number of nitrogens with one attached hydrogen (secondary N) is 2. The van der Waals surface area contributed by atoms with Crippen LogP contribution in [0, 0.1) is 0 Å². The third-order valence-corrected chi connectivity index (χ3v) is 12.8. The number of ether oxygens (including phenoxy) is 3. The Morgan fingerprint density at radius 2 is 1.51 bits per heavy atom. The van der Waals surface area contributed by atoms with Crippen LogP contribution in [-0.4, -0.2) is 71.4 Å². The van der Waals surface area contributed by atoms with Gasteiger partial charge in [0, 0.05) is 22.8 Å². The molecule has 2 N–H and O–H groups in total. The van der Waals surface area contributed by atoms with Crippen molar-refractivity contribution in [2.45, 2.75) is 37.0 Å². The van der Waals surface area contributed by atoms with Crippen molar-refractivity contribution in [1.29, 1.82) is 0 Å². The number of oxime groups is 1. The first kappa shape index (κ1) is 42.7. The molecular weight excluding hydrogens is 837 g/mol. The molecule has 0 radical (unpaired) electrons. The van der Waals surface area contributed by atoms with Crippen LogP contribution < -0.4 is 24.7 Å². The first-order chi connectivity index (χ1) is 30.8. The van der Waals surface area contributed by atoms with E-state index in [-0.39, 0.29) is 30.3 Å². The van der Waals surface area contributed by atoms with E-state index in [1.165, 1.54) is 35.1 Å².